The van der Waals surface area contributed by atoms with E-state index in [9.17, 15) is 19.5 Å². The number of aromatic carboxylic acids is 1. The summed E-state index contributed by atoms with van der Waals surface area (Å²) in [6.07, 6.45) is 0. The fraction of sp³-hybridized carbons (Fsp3) is 0.154. The maximum Gasteiger partial charge on any atom is 0.275 e. The van der Waals surface area contributed by atoms with Gasteiger partial charge in [-0.05, 0) is 56.3 Å². The van der Waals surface area contributed by atoms with Gasteiger partial charge in [0.25, 0.3) is 5.56 Å². The fourth-order valence-electron chi connectivity index (χ4n) is 3.87. The number of amides is 1. The van der Waals surface area contributed by atoms with Crippen molar-refractivity contribution >= 4 is 39.7 Å². The Balaban J connectivity index is 1.54. The van der Waals surface area contributed by atoms with Crippen molar-refractivity contribution in [1.82, 2.24) is 9.78 Å². The molecule has 0 aliphatic rings. The summed E-state index contributed by atoms with van der Waals surface area (Å²) in [4.78, 5) is 39.0. The molecule has 4 rings (SSSR count). The molecule has 1 aromatic heterocycles. The van der Waals surface area contributed by atoms with Crippen LogP contribution >= 0.6 is 0 Å². The maximum atomic E-state index is 12.7. The Morgan fingerprint density at radius 2 is 1.50 bits per heavy atom. The van der Waals surface area contributed by atoms with Gasteiger partial charge in [-0.3, -0.25) is 9.59 Å². The van der Waals surface area contributed by atoms with E-state index in [2.05, 4.69) is 29.2 Å². The molecule has 0 aliphatic heterocycles. The summed E-state index contributed by atoms with van der Waals surface area (Å²) >= 11 is 0. The number of nitrogens with one attached hydrogen (secondary N) is 1. The highest BCUT2D eigenvalue weighted by Crippen LogP contribution is 2.28. The van der Waals surface area contributed by atoms with E-state index in [-0.39, 0.29) is 22.5 Å². The molecule has 0 saturated heterocycles. The molecule has 172 valence electrons. The van der Waals surface area contributed by atoms with E-state index < -0.39 is 24.0 Å². The van der Waals surface area contributed by atoms with Crippen molar-refractivity contribution in [2.45, 2.75) is 26.4 Å². The van der Waals surface area contributed by atoms with Crippen LogP contribution in [0.2, 0.25) is 0 Å². The van der Waals surface area contributed by atoms with Gasteiger partial charge in [0.15, 0.2) is 0 Å². The van der Waals surface area contributed by atoms with Gasteiger partial charge in [-0.1, -0.05) is 36.4 Å². The molecule has 0 bridgehead atoms. The summed E-state index contributed by atoms with van der Waals surface area (Å²) in [5.41, 5.74) is 1.62. The predicted molar refractivity (Wildman–Crippen MR) is 129 cm³/mol. The van der Waals surface area contributed by atoms with Crippen LogP contribution in [0.4, 0.5) is 17.1 Å². The van der Waals surface area contributed by atoms with Crippen LogP contribution in [0.15, 0.2) is 83.7 Å². The molecular weight excluding hydrogens is 432 g/mol. The summed E-state index contributed by atoms with van der Waals surface area (Å²) in [6.45, 7) is 3.75. The number of hydrogen-bond acceptors (Lipinski definition) is 6. The molecule has 8 heteroatoms. The standard InChI is InChI=1S/C26H24N4O4/c1-17(2)30(19-8-4-3-5-9-19)20-14-12-18(13-15-20)27-23(31)16-29-25(32)22-11-7-6-10-21(22)24(28-29)26(33)34/h3-15,17H,16H2,1-2H3,(H,27,31)(H,33,34)/p-1. The third kappa shape index (κ3) is 4.66. The summed E-state index contributed by atoms with van der Waals surface area (Å²) in [5, 5.41) is 18.4. The van der Waals surface area contributed by atoms with Crippen LogP contribution in [0.1, 0.15) is 24.3 Å². The number of aromatic nitrogens is 2. The van der Waals surface area contributed by atoms with Crippen molar-refractivity contribution < 1.29 is 14.7 Å². The van der Waals surface area contributed by atoms with Gasteiger partial charge in [0.2, 0.25) is 5.91 Å². The van der Waals surface area contributed by atoms with Gasteiger partial charge in [-0.2, -0.15) is 5.10 Å². The Morgan fingerprint density at radius 1 is 0.912 bits per heavy atom. The van der Waals surface area contributed by atoms with Crippen LogP contribution in [-0.2, 0) is 11.3 Å². The van der Waals surface area contributed by atoms with Gasteiger partial charge in [-0.15, -0.1) is 0 Å². The Kier molecular flexibility index (Phi) is 6.40. The molecule has 0 fully saturated rings. The molecule has 0 spiro atoms. The number of nitrogens with zero attached hydrogens (tertiary/aromatic N) is 3. The van der Waals surface area contributed by atoms with Crippen molar-refractivity contribution in [3.05, 3.63) is 94.9 Å². The van der Waals surface area contributed by atoms with Crippen molar-refractivity contribution in [3.8, 4) is 0 Å². The number of carbonyl (C=O) groups is 2. The van der Waals surface area contributed by atoms with E-state index >= 15 is 0 Å². The molecule has 1 heterocycles. The van der Waals surface area contributed by atoms with Gasteiger partial charge >= 0.3 is 0 Å². The lowest BCUT2D eigenvalue weighted by molar-refractivity contribution is -0.255. The Labute approximate surface area is 196 Å². The zero-order chi connectivity index (χ0) is 24.2. The number of rotatable bonds is 7. The number of carbonyl (C=O) groups excluding carboxylic acids is 2. The summed E-state index contributed by atoms with van der Waals surface area (Å²) < 4.78 is 0.840. The molecule has 0 radical (unpaired) electrons. The number of fused-ring (bicyclic) bond motifs is 1. The van der Waals surface area contributed by atoms with Gasteiger partial charge in [0.05, 0.1) is 11.4 Å². The number of anilines is 3. The minimum absolute atomic E-state index is 0.156. The monoisotopic (exact) mass is 455 g/mol. The fourth-order valence-corrected chi connectivity index (χ4v) is 3.87. The Hall–Kier alpha value is -4.46. The third-order valence-electron chi connectivity index (χ3n) is 5.33. The molecular formula is C26H23N4O4-. The van der Waals surface area contributed by atoms with Crippen LogP contribution in [0.25, 0.3) is 10.8 Å². The molecule has 0 unspecified atom stereocenters. The van der Waals surface area contributed by atoms with Gasteiger partial charge < -0.3 is 20.1 Å². The van der Waals surface area contributed by atoms with Crippen LogP contribution in [0.5, 0.6) is 0 Å². The van der Waals surface area contributed by atoms with Crippen LogP contribution in [0, 0.1) is 0 Å². The van der Waals surface area contributed by atoms with Crippen molar-refractivity contribution in [1.29, 1.82) is 0 Å². The quantitative estimate of drug-likeness (QED) is 0.459. The predicted octanol–water partition coefficient (Wildman–Crippen LogP) is 2.95. The third-order valence-corrected chi connectivity index (χ3v) is 5.33. The van der Waals surface area contributed by atoms with Gasteiger partial charge in [0, 0.05) is 28.5 Å². The first kappa shape index (κ1) is 22.7. The smallest absolute Gasteiger partial charge is 0.275 e. The number of carboxylic acid groups (broad SMARTS) is 1. The SMILES string of the molecule is CC(C)N(c1ccccc1)c1ccc(NC(=O)Cn2nc(C(=O)[O-])c3ccccc3c2=O)cc1. The highest BCUT2D eigenvalue weighted by atomic mass is 16.4. The minimum atomic E-state index is -1.52. The lowest BCUT2D eigenvalue weighted by Gasteiger charge is -2.29. The molecule has 34 heavy (non-hydrogen) atoms. The number of hydrogen-bond donors (Lipinski definition) is 1. The number of para-hydroxylation sites is 1. The van der Waals surface area contributed by atoms with Crippen LogP contribution < -0.4 is 20.9 Å². The van der Waals surface area contributed by atoms with Crippen molar-refractivity contribution in [3.63, 3.8) is 0 Å². The summed E-state index contributed by atoms with van der Waals surface area (Å²) in [5.74, 6) is -2.03. The average molecular weight is 455 g/mol. The van der Waals surface area contributed by atoms with E-state index in [1.165, 1.54) is 12.1 Å². The van der Waals surface area contributed by atoms with Crippen molar-refractivity contribution in [2.24, 2.45) is 0 Å². The zero-order valence-corrected chi connectivity index (χ0v) is 18.8. The molecule has 0 saturated carbocycles. The second-order valence-electron chi connectivity index (χ2n) is 8.04. The molecule has 4 aromatic rings. The molecule has 3 aromatic carbocycles. The van der Waals surface area contributed by atoms with Gasteiger partial charge in [0.1, 0.15) is 12.2 Å². The average Bonchev–Trinajstić information content (AvgIpc) is 2.82. The number of benzene rings is 3. The summed E-state index contributed by atoms with van der Waals surface area (Å²) in [6, 6.07) is 23.7. The first-order valence-electron chi connectivity index (χ1n) is 10.8. The lowest BCUT2D eigenvalue weighted by atomic mass is 10.1. The van der Waals surface area contributed by atoms with E-state index in [1.54, 1.807) is 24.3 Å². The highest BCUT2D eigenvalue weighted by Gasteiger charge is 2.15. The zero-order valence-electron chi connectivity index (χ0n) is 18.8. The summed E-state index contributed by atoms with van der Waals surface area (Å²) in [7, 11) is 0. The van der Waals surface area contributed by atoms with Crippen LogP contribution in [-0.4, -0.2) is 27.7 Å². The first-order chi connectivity index (χ1) is 16.3. The minimum Gasteiger partial charge on any atom is -0.543 e. The molecule has 0 aliphatic carbocycles. The molecule has 0 atom stereocenters. The normalized spacial score (nSPS) is 10.9. The molecule has 8 nitrogen and oxygen atoms in total. The molecule has 1 N–H and O–H groups in total. The highest BCUT2D eigenvalue weighted by molar-refractivity contribution is 6.00. The van der Waals surface area contributed by atoms with E-state index in [4.69, 9.17) is 0 Å². The molecule has 1 amide bonds. The first-order valence-corrected chi connectivity index (χ1v) is 10.8. The number of carboxylic acids is 1. The largest absolute Gasteiger partial charge is 0.543 e. The maximum absolute atomic E-state index is 12.7. The Bertz CT molecular complexity index is 1400. The van der Waals surface area contributed by atoms with Crippen LogP contribution in [0.3, 0.4) is 0 Å². The van der Waals surface area contributed by atoms with E-state index in [0.29, 0.717) is 5.69 Å². The second-order valence-corrected chi connectivity index (χ2v) is 8.04. The van der Waals surface area contributed by atoms with Gasteiger partial charge in [-0.25, -0.2) is 4.68 Å². The topological polar surface area (TPSA) is 107 Å². The lowest BCUT2D eigenvalue weighted by Crippen LogP contribution is -2.34. The van der Waals surface area contributed by atoms with E-state index in [0.717, 1.165) is 16.1 Å². The second kappa shape index (κ2) is 9.58. The van der Waals surface area contributed by atoms with E-state index in [1.807, 2.05) is 42.5 Å². The Morgan fingerprint density at radius 3 is 2.12 bits per heavy atom. The van der Waals surface area contributed by atoms with Crippen molar-refractivity contribution in [2.75, 3.05) is 10.2 Å².